The summed E-state index contributed by atoms with van der Waals surface area (Å²) >= 11 is 1.97. The minimum absolute atomic E-state index is 0.0696. The largest absolute Gasteiger partial charge is 0.478 e. The molecule has 4 nitrogen and oxygen atoms in total. The van der Waals surface area contributed by atoms with E-state index in [9.17, 15) is 9.18 Å². The highest BCUT2D eigenvalue weighted by Crippen LogP contribution is 2.27. The molecule has 0 heterocycles. The van der Waals surface area contributed by atoms with Gasteiger partial charge in [0.05, 0.1) is 16.9 Å². The molecule has 0 spiro atoms. The van der Waals surface area contributed by atoms with Crippen molar-refractivity contribution in [1.82, 2.24) is 0 Å². The quantitative estimate of drug-likeness (QED) is 0.570. The number of nitrogen functional groups attached to an aromatic ring is 1. The van der Waals surface area contributed by atoms with Gasteiger partial charge in [0.1, 0.15) is 5.82 Å². The standard InChI is InChI=1S/C13H10FIN2O2/c14-7-1-3-12(10(15)5-7)17-11-4-2-8(16)6-9(11)13(18)19/h1-6,17H,16H2,(H,18,19). The van der Waals surface area contributed by atoms with Crippen LogP contribution in [0.15, 0.2) is 36.4 Å². The summed E-state index contributed by atoms with van der Waals surface area (Å²) in [5.74, 6) is -1.42. The zero-order chi connectivity index (χ0) is 14.0. The second-order valence-electron chi connectivity index (χ2n) is 3.86. The summed E-state index contributed by atoms with van der Waals surface area (Å²) in [5.41, 5.74) is 7.05. The minimum atomic E-state index is -1.08. The van der Waals surface area contributed by atoms with Crippen molar-refractivity contribution < 1.29 is 14.3 Å². The van der Waals surface area contributed by atoms with Crippen LogP contribution < -0.4 is 11.1 Å². The lowest BCUT2D eigenvalue weighted by Crippen LogP contribution is -2.04. The number of carboxylic acid groups (broad SMARTS) is 1. The number of aromatic carboxylic acids is 1. The number of anilines is 3. The highest BCUT2D eigenvalue weighted by Gasteiger charge is 2.11. The number of benzene rings is 2. The number of hydrogen-bond acceptors (Lipinski definition) is 3. The van der Waals surface area contributed by atoms with Crippen LogP contribution >= 0.6 is 22.6 Å². The van der Waals surface area contributed by atoms with Crippen molar-refractivity contribution >= 4 is 45.6 Å². The fourth-order valence-corrected chi connectivity index (χ4v) is 2.20. The van der Waals surface area contributed by atoms with E-state index in [2.05, 4.69) is 5.32 Å². The molecule has 2 aromatic rings. The van der Waals surface area contributed by atoms with Crippen molar-refractivity contribution in [3.8, 4) is 0 Å². The van der Waals surface area contributed by atoms with Crippen LogP contribution in [0.2, 0.25) is 0 Å². The maximum absolute atomic E-state index is 13.0. The lowest BCUT2D eigenvalue weighted by molar-refractivity contribution is 0.0698. The fourth-order valence-electron chi connectivity index (χ4n) is 1.58. The molecule has 0 bridgehead atoms. The molecular weight excluding hydrogens is 362 g/mol. The van der Waals surface area contributed by atoms with Crippen LogP contribution in [0.25, 0.3) is 0 Å². The average molecular weight is 372 g/mol. The van der Waals surface area contributed by atoms with Gasteiger partial charge in [0.2, 0.25) is 0 Å². The minimum Gasteiger partial charge on any atom is -0.478 e. The molecule has 2 aromatic carbocycles. The summed E-state index contributed by atoms with van der Waals surface area (Å²) < 4.78 is 13.7. The van der Waals surface area contributed by atoms with Crippen molar-refractivity contribution in [2.24, 2.45) is 0 Å². The predicted molar refractivity (Wildman–Crippen MR) is 80.2 cm³/mol. The third-order valence-corrected chi connectivity index (χ3v) is 3.37. The van der Waals surface area contributed by atoms with Gasteiger partial charge in [0.25, 0.3) is 0 Å². The first-order valence-corrected chi connectivity index (χ1v) is 6.40. The van der Waals surface area contributed by atoms with Gasteiger partial charge in [-0.05, 0) is 59.0 Å². The molecule has 0 aliphatic carbocycles. The second kappa shape index (κ2) is 5.43. The van der Waals surface area contributed by atoms with Gasteiger partial charge in [0.15, 0.2) is 0 Å². The summed E-state index contributed by atoms with van der Waals surface area (Å²) in [6, 6.07) is 8.78. The summed E-state index contributed by atoms with van der Waals surface area (Å²) in [7, 11) is 0. The SMILES string of the molecule is Nc1ccc(Nc2ccc(F)cc2I)c(C(=O)O)c1. The molecule has 0 fully saturated rings. The molecule has 0 aliphatic rings. The van der Waals surface area contributed by atoms with Crippen LogP contribution in [0.1, 0.15) is 10.4 Å². The maximum Gasteiger partial charge on any atom is 0.337 e. The Hall–Kier alpha value is -1.83. The number of rotatable bonds is 3. The van der Waals surface area contributed by atoms with Crippen LogP contribution in [-0.2, 0) is 0 Å². The van der Waals surface area contributed by atoms with E-state index in [1.54, 1.807) is 18.2 Å². The Morgan fingerprint density at radius 2 is 1.89 bits per heavy atom. The van der Waals surface area contributed by atoms with Crippen LogP contribution in [0, 0.1) is 9.39 Å². The average Bonchev–Trinajstić information content (AvgIpc) is 2.34. The molecule has 98 valence electrons. The normalized spacial score (nSPS) is 10.2. The van der Waals surface area contributed by atoms with Gasteiger partial charge in [-0.1, -0.05) is 0 Å². The molecule has 0 radical (unpaired) electrons. The van der Waals surface area contributed by atoms with Gasteiger partial charge in [-0.25, -0.2) is 9.18 Å². The van der Waals surface area contributed by atoms with E-state index in [4.69, 9.17) is 10.8 Å². The van der Waals surface area contributed by atoms with Gasteiger partial charge in [-0.3, -0.25) is 0 Å². The lowest BCUT2D eigenvalue weighted by Gasteiger charge is -2.11. The number of hydrogen-bond donors (Lipinski definition) is 3. The van der Waals surface area contributed by atoms with Gasteiger partial charge in [-0.15, -0.1) is 0 Å². The van der Waals surface area contributed by atoms with Gasteiger partial charge in [-0.2, -0.15) is 0 Å². The van der Waals surface area contributed by atoms with Crippen LogP contribution in [0.4, 0.5) is 21.5 Å². The van der Waals surface area contributed by atoms with Crippen LogP contribution in [-0.4, -0.2) is 11.1 Å². The third kappa shape index (κ3) is 3.14. The molecule has 0 aliphatic heterocycles. The first-order chi connectivity index (χ1) is 8.97. The molecule has 2 rings (SSSR count). The summed E-state index contributed by atoms with van der Waals surface area (Å²) in [5, 5.41) is 12.1. The van der Waals surface area contributed by atoms with E-state index >= 15 is 0 Å². The Kier molecular flexibility index (Phi) is 3.89. The number of nitrogens with one attached hydrogen (secondary N) is 1. The molecule has 0 atom stereocenters. The molecule has 6 heteroatoms. The molecule has 4 N–H and O–H groups in total. The Morgan fingerprint density at radius 3 is 2.53 bits per heavy atom. The highest BCUT2D eigenvalue weighted by atomic mass is 127. The Labute approximate surface area is 122 Å². The van der Waals surface area contributed by atoms with E-state index in [1.807, 2.05) is 22.6 Å². The molecule has 0 saturated carbocycles. The molecule has 0 amide bonds. The highest BCUT2D eigenvalue weighted by molar-refractivity contribution is 14.1. The molecule has 0 unspecified atom stereocenters. The lowest BCUT2D eigenvalue weighted by atomic mass is 10.1. The molecule has 0 saturated heterocycles. The van der Waals surface area contributed by atoms with E-state index in [1.165, 1.54) is 18.2 Å². The molecular formula is C13H10FIN2O2. The predicted octanol–water partition coefficient (Wildman–Crippen LogP) is 3.45. The fraction of sp³-hybridized carbons (Fsp3) is 0. The monoisotopic (exact) mass is 372 g/mol. The Morgan fingerprint density at radius 1 is 1.21 bits per heavy atom. The van der Waals surface area contributed by atoms with E-state index < -0.39 is 5.97 Å². The smallest absolute Gasteiger partial charge is 0.337 e. The number of nitrogens with two attached hydrogens (primary N) is 1. The maximum atomic E-state index is 13.0. The Bertz CT molecular complexity index is 647. The van der Waals surface area contributed by atoms with Gasteiger partial charge < -0.3 is 16.2 Å². The Balaban J connectivity index is 2.40. The zero-order valence-electron chi connectivity index (χ0n) is 9.65. The number of carbonyl (C=O) groups is 1. The molecule has 19 heavy (non-hydrogen) atoms. The van der Waals surface area contributed by atoms with E-state index in [0.717, 1.165) is 0 Å². The first kappa shape index (κ1) is 13.6. The number of halogens is 2. The van der Waals surface area contributed by atoms with E-state index in [0.29, 0.717) is 20.6 Å². The van der Waals surface area contributed by atoms with Crippen LogP contribution in [0.5, 0.6) is 0 Å². The van der Waals surface area contributed by atoms with Crippen molar-refractivity contribution in [2.45, 2.75) is 0 Å². The first-order valence-electron chi connectivity index (χ1n) is 5.32. The van der Waals surface area contributed by atoms with Crippen molar-refractivity contribution in [3.63, 3.8) is 0 Å². The second-order valence-corrected chi connectivity index (χ2v) is 5.02. The van der Waals surface area contributed by atoms with Crippen molar-refractivity contribution in [1.29, 1.82) is 0 Å². The molecule has 0 aromatic heterocycles. The zero-order valence-corrected chi connectivity index (χ0v) is 11.8. The summed E-state index contributed by atoms with van der Waals surface area (Å²) in [6.45, 7) is 0. The van der Waals surface area contributed by atoms with Crippen LogP contribution in [0.3, 0.4) is 0 Å². The van der Waals surface area contributed by atoms with E-state index in [-0.39, 0.29) is 11.4 Å². The third-order valence-electron chi connectivity index (χ3n) is 2.47. The van der Waals surface area contributed by atoms with Crippen molar-refractivity contribution in [3.05, 3.63) is 51.3 Å². The van der Waals surface area contributed by atoms with Gasteiger partial charge in [0, 0.05) is 9.26 Å². The summed E-state index contributed by atoms with van der Waals surface area (Å²) in [6.07, 6.45) is 0. The summed E-state index contributed by atoms with van der Waals surface area (Å²) in [4.78, 5) is 11.1. The van der Waals surface area contributed by atoms with Gasteiger partial charge >= 0.3 is 5.97 Å². The van der Waals surface area contributed by atoms with Crippen molar-refractivity contribution in [2.75, 3.05) is 11.1 Å². The number of carboxylic acids is 1. The topological polar surface area (TPSA) is 75.3 Å².